The van der Waals surface area contributed by atoms with Crippen LogP contribution in [0.1, 0.15) is 35.8 Å². The standard InChI is InChI=1S/C16H20N4O/c1-3-4-9-17-16(21)14-10-15(19-11-18-14)20-13-8-6-5-7-12(13)2/h5-8,10-11H,3-4,9H2,1-2H3,(H,17,21)(H,18,19,20). The Balaban J connectivity index is 2.07. The number of hydrogen-bond donors (Lipinski definition) is 2. The molecule has 2 rings (SSSR count). The third-order valence-electron chi connectivity index (χ3n) is 3.12. The summed E-state index contributed by atoms with van der Waals surface area (Å²) >= 11 is 0. The number of nitrogens with one attached hydrogen (secondary N) is 2. The van der Waals surface area contributed by atoms with Crippen molar-refractivity contribution < 1.29 is 4.79 Å². The zero-order valence-electron chi connectivity index (χ0n) is 12.4. The SMILES string of the molecule is CCCCNC(=O)c1cc(Nc2ccccc2C)ncn1. The number of nitrogens with zero attached hydrogens (tertiary/aromatic N) is 2. The lowest BCUT2D eigenvalue weighted by Gasteiger charge is -2.09. The fourth-order valence-electron chi connectivity index (χ4n) is 1.87. The molecule has 0 radical (unpaired) electrons. The quantitative estimate of drug-likeness (QED) is 0.800. The second-order valence-corrected chi connectivity index (χ2v) is 4.84. The van der Waals surface area contributed by atoms with Gasteiger partial charge in [-0.2, -0.15) is 0 Å². The van der Waals surface area contributed by atoms with E-state index in [4.69, 9.17) is 0 Å². The van der Waals surface area contributed by atoms with Crippen LogP contribution in [-0.2, 0) is 0 Å². The van der Waals surface area contributed by atoms with E-state index in [1.807, 2.05) is 31.2 Å². The Morgan fingerprint density at radius 3 is 2.81 bits per heavy atom. The monoisotopic (exact) mass is 284 g/mol. The lowest BCUT2D eigenvalue weighted by molar-refractivity contribution is 0.0948. The van der Waals surface area contributed by atoms with Crippen molar-refractivity contribution in [1.82, 2.24) is 15.3 Å². The van der Waals surface area contributed by atoms with Crippen molar-refractivity contribution in [3.05, 3.63) is 47.9 Å². The Bertz CT molecular complexity index is 613. The van der Waals surface area contributed by atoms with Crippen LogP contribution in [0.15, 0.2) is 36.7 Å². The van der Waals surface area contributed by atoms with Crippen LogP contribution in [0, 0.1) is 6.92 Å². The maximum Gasteiger partial charge on any atom is 0.270 e. The zero-order valence-corrected chi connectivity index (χ0v) is 12.4. The first-order valence-electron chi connectivity index (χ1n) is 7.13. The first kappa shape index (κ1) is 15.0. The molecule has 0 unspecified atom stereocenters. The Hall–Kier alpha value is -2.43. The minimum absolute atomic E-state index is 0.168. The van der Waals surface area contributed by atoms with Crippen LogP contribution in [0.4, 0.5) is 11.5 Å². The van der Waals surface area contributed by atoms with Gasteiger partial charge in [0, 0.05) is 18.3 Å². The molecule has 110 valence electrons. The number of rotatable bonds is 6. The molecule has 5 nitrogen and oxygen atoms in total. The van der Waals surface area contributed by atoms with Crippen LogP contribution in [0.25, 0.3) is 0 Å². The molecule has 0 aliphatic carbocycles. The second kappa shape index (κ2) is 7.38. The molecule has 2 aromatic rings. The molecule has 0 atom stereocenters. The summed E-state index contributed by atoms with van der Waals surface area (Å²) < 4.78 is 0. The first-order valence-corrected chi connectivity index (χ1v) is 7.13. The maximum atomic E-state index is 12.0. The van der Waals surface area contributed by atoms with Crippen molar-refractivity contribution >= 4 is 17.4 Å². The van der Waals surface area contributed by atoms with E-state index in [-0.39, 0.29) is 5.91 Å². The highest BCUT2D eigenvalue weighted by atomic mass is 16.1. The number of amides is 1. The van der Waals surface area contributed by atoms with Crippen molar-refractivity contribution in [2.24, 2.45) is 0 Å². The van der Waals surface area contributed by atoms with Crippen molar-refractivity contribution in [1.29, 1.82) is 0 Å². The summed E-state index contributed by atoms with van der Waals surface area (Å²) in [5, 5.41) is 6.05. The number of aryl methyl sites for hydroxylation is 1. The Kier molecular flexibility index (Phi) is 5.26. The van der Waals surface area contributed by atoms with E-state index < -0.39 is 0 Å². The number of anilines is 2. The van der Waals surface area contributed by atoms with E-state index >= 15 is 0 Å². The average molecular weight is 284 g/mol. The van der Waals surface area contributed by atoms with Crippen LogP contribution in [0.2, 0.25) is 0 Å². The minimum atomic E-state index is -0.168. The number of hydrogen-bond acceptors (Lipinski definition) is 4. The van der Waals surface area contributed by atoms with E-state index in [0.717, 1.165) is 24.1 Å². The lowest BCUT2D eigenvalue weighted by atomic mass is 10.2. The summed E-state index contributed by atoms with van der Waals surface area (Å²) in [5.74, 6) is 0.443. The predicted molar refractivity (Wildman–Crippen MR) is 83.7 cm³/mol. The molecule has 1 heterocycles. The van der Waals surface area contributed by atoms with Gasteiger partial charge in [0.05, 0.1) is 0 Å². The second-order valence-electron chi connectivity index (χ2n) is 4.84. The maximum absolute atomic E-state index is 12.0. The van der Waals surface area contributed by atoms with Crippen LogP contribution in [0.5, 0.6) is 0 Å². The molecule has 2 N–H and O–H groups in total. The highest BCUT2D eigenvalue weighted by molar-refractivity contribution is 5.92. The van der Waals surface area contributed by atoms with E-state index in [2.05, 4.69) is 27.5 Å². The molecule has 0 bridgehead atoms. The summed E-state index contributed by atoms with van der Waals surface area (Å²) in [4.78, 5) is 20.1. The van der Waals surface area contributed by atoms with Gasteiger partial charge in [0.15, 0.2) is 0 Å². The van der Waals surface area contributed by atoms with Crippen LogP contribution in [-0.4, -0.2) is 22.4 Å². The van der Waals surface area contributed by atoms with Crippen molar-refractivity contribution in [2.45, 2.75) is 26.7 Å². The molecule has 1 aromatic carbocycles. The van der Waals surface area contributed by atoms with Gasteiger partial charge in [-0.15, -0.1) is 0 Å². The van der Waals surface area contributed by atoms with Gasteiger partial charge in [0.25, 0.3) is 5.91 Å². The first-order chi connectivity index (χ1) is 10.2. The van der Waals surface area contributed by atoms with Gasteiger partial charge in [-0.25, -0.2) is 9.97 Å². The highest BCUT2D eigenvalue weighted by Crippen LogP contribution is 2.18. The fourth-order valence-corrected chi connectivity index (χ4v) is 1.87. The van der Waals surface area contributed by atoms with Gasteiger partial charge in [-0.05, 0) is 25.0 Å². The molecular formula is C16H20N4O. The van der Waals surface area contributed by atoms with E-state index in [1.165, 1.54) is 6.33 Å². The smallest absolute Gasteiger partial charge is 0.270 e. The van der Waals surface area contributed by atoms with Crippen LogP contribution < -0.4 is 10.6 Å². The van der Waals surface area contributed by atoms with E-state index in [0.29, 0.717) is 18.1 Å². The Morgan fingerprint density at radius 1 is 1.24 bits per heavy atom. The number of unbranched alkanes of at least 4 members (excludes halogenated alkanes) is 1. The van der Waals surface area contributed by atoms with Gasteiger partial charge < -0.3 is 10.6 Å². The third kappa shape index (κ3) is 4.27. The molecule has 0 saturated heterocycles. The lowest BCUT2D eigenvalue weighted by Crippen LogP contribution is -2.25. The summed E-state index contributed by atoms with van der Waals surface area (Å²) in [6.45, 7) is 4.77. The van der Waals surface area contributed by atoms with Gasteiger partial charge in [-0.3, -0.25) is 4.79 Å². The van der Waals surface area contributed by atoms with Crippen molar-refractivity contribution in [3.63, 3.8) is 0 Å². The number of carbonyl (C=O) groups excluding carboxylic acids is 1. The fraction of sp³-hybridized carbons (Fsp3) is 0.312. The molecule has 1 amide bonds. The Morgan fingerprint density at radius 2 is 2.05 bits per heavy atom. The molecule has 0 fully saturated rings. The van der Waals surface area contributed by atoms with Crippen molar-refractivity contribution in [2.75, 3.05) is 11.9 Å². The summed E-state index contributed by atoms with van der Waals surface area (Å²) in [6, 6.07) is 9.58. The highest BCUT2D eigenvalue weighted by Gasteiger charge is 2.08. The summed E-state index contributed by atoms with van der Waals surface area (Å²) in [7, 11) is 0. The number of para-hydroxylation sites is 1. The number of carbonyl (C=O) groups is 1. The molecule has 0 aliphatic heterocycles. The average Bonchev–Trinajstić information content (AvgIpc) is 2.50. The minimum Gasteiger partial charge on any atom is -0.351 e. The molecule has 1 aromatic heterocycles. The molecule has 21 heavy (non-hydrogen) atoms. The number of aromatic nitrogens is 2. The number of benzene rings is 1. The van der Waals surface area contributed by atoms with Crippen LogP contribution in [0.3, 0.4) is 0 Å². The zero-order chi connectivity index (χ0) is 15.1. The van der Waals surface area contributed by atoms with Crippen molar-refractivity contribution in [3.8, 4) is 0 Å². The van der Waals surface area contributed by atoms with Gasteiger partial charge in [0.2, 0.25) is 0 Å². The molecule has 5 heteroatoms. The van der Waals surface area contributed by atoms with E-state index in [9.17, 15) is 4.79 Å². The predicted octanol–water partition coefficient (Wildman–Crippen LogP) is 3.06. The van der Waals surface area contributed by atoms with Gasteiger partial charge in [0.1, 0.15) is 17.8 Å². The summed E-state index contributed by atoms with van der Waals surface area (Å²) in [6.07, 6.45) is 3.41. The topological polar surface area (TPSA) is 66.9 Å². The molecular weight excluding hydrogens is 264 g/mol. The third-order valence-corrected chi connectivity index (χ3v) is 3.12. The normalized spacial score (nSPS) is 10.2. The van der Waals surface area contributed by atoms with Gasteiger partial charge >= 0.3 is 0 Å². The molecule has 0 aliphatic rings. The molecule has 0 spiro atoms. The summed E-state index contributed by atoms with van der Waals surface area (Å²) in [5.41, 5.74) is 2.45. The largest absolute Gasteiger partial charge is 0.351 e. The van der Waals surface area contributed by atoms with E-state index in [1.54, 1.807) is 6.07 Å². The van der Waals surface area contributed by atoms with Crippen LogP contribution >= 0.6 is 0 Å². The molecule has 0 saturated carbocycles. The Labute approximate surface area is 124 Å². The van der Waals surface area contributed by atoms with Gasteiger partial charge in [-0.1, -0.05) is 31.5 Å².